The molecule has 0 aliphatic rings. The van der Waals surface area contributed by atoms with Crippen LogP contribution in [0.5, 0.6) is 0 Å². The summed E-state index contributed by atoms with van der Waals surface area (Å²) >= 11 is 0. The Morgan fingerprint density at radius 1 is 1.23 bits per heavy atom. The molecular weight excluding hydrogens is 282 g/mol. The van der Waals surface area contributed by atoms with Crippen LogP contribution in [0.1, 0.15) is 10.5 Å². The first kappa shape index (κ1) is 12.6. The zero-order chi connectivity index (χ0) is 15.4. The molecule has 0 unspecified atom stereocenters. The number of fused-ring (bicyclic) bond motifs is 3. The lowest BCUT2D eigenvalue weighted by Gasteiger charge is -2.04. The van der Waals surface area contributed by atoms with Crippen molar-refractivity contribution in [1.29, 1.82) is 0 Å². The minimum absolute atomic E-state index is 0.0877. The summed E-state index contributed by atoms with van der Waals surface area (Å²) in [7, 11) is 1.30. The van der Waals surface area contributed by atoms with Gasteiger partial charge in [-0.05, 0) is 18.2 Å². The molecule has 6 heteroatoms. The van der Waals surface area contributed by atoms with E-state index in [2.05, 4.69) is 4.98 Å². The van der Waals surface area contributed by atoms with Gasteiger partial charge >= 0.3 is 5.97 Å². The lowest BCUT2D eigenvalue weighted by atomic mass is 10.1. The molecule has 0 spiro atoms. The van der Waals surface area contributed by atoms with Gasteiger partial charge in [0, 0.05) is 10.8 Å². The number of nitrogens with zero attached hydrogens (tertiary/aromatic N) is 2. The van der Waals surface area contributed by atoms with E-state index < -0.39 is 5.97 Å². The lowest BCUT2D eigenvalue weighted by Crippen LogP contribution is -2.17. The number of aromatic nitrogens is 2. The van der Waals surface area contributed by atoms with Gasteiger partial charge in [0.25, 0.3) is 5.56 Å². The van der Waals surface area contributed by atoms with Crippen LogP contribution in [0.3, 0.4) is 0 Å². The van der Waals surface area contributed by atoms with E-state index in [9.17, 15) is 9.59 Å². The SMILES string of the molecule is COC(=O)c1cc2c3ccccc3n3c(=O)c(N)cc(n1)c23. The summed E-state index contributed by atoms with van der Waals surface area (Å²) in [4.78, 5) is 28.5. The number of methoxy groups -OCH3 is 1. The predicted octanol–water partition coefficient (Wildman–Crippen LogP) is 1.81. The molecule has 0 saturated carbocycles. The van der Waals surface area contributed by atoms with Gasteiger partial charge in [0.15, 0.2) is 0 Å². The third kappa shape index (κ3) is 1.46. The molecule has 0 amide bonds. The van der Waals surface area contributed by atoms with Crippen molar-refractivity contribution < 1.29 is 9.53 Å². The van der Waals surface area contributed by atoms with Crippen molar-refractivity contribution in [2.75, 3.05) is 12.8 Å². The second kappa shape index (κ2) is 4.17. The normalized spacial score (nSPS) is 11.5. The van der Waals surface area contributed by atoms with Crippen LogP contribution in [0.25, 0.3) is 27.3 Å². The number of hydrogen-bond acceptors (Lipinski definition) is 5. The molecule has 2 N–H and O–H groups in total. The van der Waals surface area contributed by atoms with Gasteiger partial charge in [-0.3, -0.25) is 9.20 Å². The van der Waals surface area contributed by atoms with Gasteiger partial charge in [-0.2, -0.15) is 0 Å². The Morgan fingerprint density at radius 2 is 2.00 bits per heavy atom. The third-order valence-electron chi connectivity index (χ3n) is 3.82. The van der Waals surface area contributed by atoms with E-state index in [-0.39, 0.29) is 16.9 Å². The fourth-order valence-electron chi connectivity index (χ4n) is 2.87. The highest BCUT2D eigenvalue weighted by atomic mass is 16.5. The molecule has 0 aliphatic heterocycles. The highest BCUT2D eigenvalue weighted by Gasteiger charge is 2.19. The topological polar surface area (TPSA) is 86.7 Å². The van der Waals surface area contributed by atoms with Gasteiger partial charge in [-0.1, -0.05) is 18.2 Å². The van der Waals surface area contributed by atoms with Gasteiger partial charge in [-0.15, -0.1) is 0 Å². The maximum absolute atomic E-state index is 12.4. The summed E-state index contributed by atoms with van der Waals surface area (Å²) < 4.78 is 6.29. The Bertz CT molecular complexity index is 1110. The molecule has 0 saturated heterocycles. The van der Waals surface area contributed by atoms with Crippen LogP contribution in [0.15, 0.2) is 41.2 Å². The van der Waals surface area contributed by atoms with E-state index in [4.69, 9.17) is 10.5 Å². The van der Waals surface area contributed by atoms with E-state index in [0.717, 1.165) is 16.3 Å². The third-order valence-corrected chi connectivity index (χ3v) is 3.82. The van der Waals surface area contributed by atoms with Gasteiger partial charge in [0.1, 0.15) is 11.4 Å². The summed E-state index contributed by atoms with van der Waals surface area (Å²) in [5.74, 6) is -0.529. The van der Waals surface area contributed by atoms with Crippen molar-refractivity contribution in [3.8, 4) is 0 Å². The van der Waals surface area contributed by atoms with Crippen molar-refractivity contribution in [3.63, 3.8) is 0 Å². The zero-order valence-electron chi connectivity index (χ0n) is 11.7. The summed E-state index contributed by atoms with van der Waals surface area (Å²) in [5, 5.41) is 1.64. The second-order valence-electron chi connectivity index (χ2n) is 5.04. The van der Waals surface area contributed by atoms with Crippen LogP contribution in [-0.4, -0.2) is 22.5 Å². The number of nitrogens with two attached hydrogens (primary N) is 1. The first-order chi connectivity index (χ1) is 10.6. The van der Waals surface area contributed by atoms with Gasteiger partial charge in [0.05, 0.1) is 23.7 Å². The molecule has 0 radical (unpaired) electrons. The fraction of sp³-hybridized carbons (Fsp3) is 0.0625. The standard InChI is InChI=1S/C16H11N3O3/c1-22-16(21)12-6-9-8-4-2-3-5-13(8)19-14(9)11(18-12)7-10(17)15(19)20/h2-7H,17H2,1H3. The Morgan fingerprint density at radius 3 is 2.77 bits per heavy atom. The van der Waals surface area contributed by atoms with E-state index in [1.165, 1.54) is 13.2 Å². The van der Waals surface area contributed by atoms with E-state index in [1.807, 2.05) is 24.3 Å². The smallest absolute Gasteiger partial charge is 0.356 e. The molecule has 0 aliphatic carbocycles. The minimum atomic E-state index is -0.529. The number of carbonyl (C=O) groups excluding carboxylic acids is 1. The monoisotopic (exact) mass is 293 g/mol. The molecule has 0 fully saturated rings. The Labute approximate surface area is 124 Å². The number of nitrogen functional groups attached to an aromatic ring is 1. The molecule has 0 atom stereocenters. The molecule has 3 aromatic heterocycles. The van der Waals surface area contributed by atoms with E-state index in [1.54, 1.807) is 10.5 Å². The van der Waals surface area contributed by atoms with E-state index in [0.29, 0.717) is 11.0 Å². The molecule has 4 rings (SSSR count). The molecule has 1 aromatic carbocycles. The average molecular weight is 293 g/mol. The second-order valence-corrected chi connectivity index (χ2v) is 5.04. The first-order valence-electron chi connectivity index (χ1n) is 6.66. The van der Waals surface area contributed by atoms with Crippen molar-refractivity contribution in [2.24, 2.45) is 0 Å². The Hall–Kier alpha value is -3.15. The Balaban J connectivity index is 2.34. The number of carbonyl (C=O) groups is 1. The van der Waals surface area contributed by atoms with Crippen LogP contribution in [0, 0.1) is 0 Å². The number of esters is 1. The average Bonchev–Trinajstić information content (AvgIpc) is 2.87. The van der Waals surface area contributed by atoms with Gasteiger partial charge in [-0.25, -0.2) is 9.78 Å². The van der Waals surface area contributed by atoms with Crippen LogP contribution >= 0.6 is 0 Å². The minimum Gasteiger partial charge on any atom is -0.464 e. The maximum Gasteiger partial charge on any atom is 0.356 e. The highest BCUT2D eigenvalue weighted by Crippen LogP contribution is 2.31. The molecule has 22 heavy (non-hydrogen) atoms. The fourth-order valence-corrected chi connectivity index (χ4v) is 2.87. The summed E-state index contributed by atoms with van der Waals surface area (Å²) in [6, 6.07) is 10.6. The van der Waals surface area contributed by atoms with Crippen molar-refractivity contribution in [3.05, 3.63) is 52.4 Å². The maximum atomic E-state index is 12.4. The zero-order valence-corrected chi connectivity index (χ0v) is 11.7. The van der Waals surface area contributed by atoms with Gasteiger partial charge < -0.3 is 10.5 Å². The number of para-hydroxylation sites is 1. The van der Waals surface area contributed by atoms with Crippen LogP contribution in [-0.2, 0) is 4.74 Å². The van der Waals surface area contributed by atoms with Crippen molar-refractivity contribution in [2.45, 2.75) is 0 Å². The van der Waals surface area contributed by atoms with Crippen LogP contribution in [0.4, 0.5) is 5.69 Å². The highest BCUT2D eigenvalue weighted by molar-refractivity contribution is 6.14. The molecule has 108 valence electrons. The summed E-state index contributed by atoms with van der Waals surface area (Å²) in [5.41, 5.74) is 7.69. The van der Waals surface area contributed by atoms with Crippen LogP contribution in [0.2, 0.25) is 0 Å². The summed E-state index contributed by atoms with van der Waals surface area (Å²) in [6.45, 7) is 0. The molecule has 3 heterocycles. The van der Waals surface area contributed by atoms with Gasteiger partial charge in [0.2, 0.25) is 0 Å². The number of rotatable bonds is 1. The Kier molecular flexibility index (Phi) is 2.39. The summed E-state index contributed by atoms with van der Waals surface area (Å²) in [6.07, 6.45) is 0. The largest absolute Gasteiger partial charge is 0.464 e. The number of anilines is 1. The molecular formula is C16H11N3O3. The number of hydrogen-bond donors (Lipinski definition) is 1. The first-order valence-corrected chi connectivity index (χ1v) is 6.66. The lowest BCUT2D eigenvalue weighted by molar-refractivity contribution is 0.0594. The van der Waals surface area contributed by atoms with Crippen LogP contribution < -0.4 is 11.3 Å². The van der Waals surface area contributed by atoms with E-state index >= 15 is 0 Å². The van der Waals surface area contributed by atoms with Crippen molar-refractivity contribution in [1.82, 2.24) is 9.38 Å². The molecule has 6 nitrogen and oxygen atoms in total. The number of ether oxygens (including phenoxy) is 1. The number of benzene rings is 1. The molecule has 0 bridgehead atoms. The quantitative estimate of drug-likeness (QED) is 0.541. The number of pyridine rings is 2. The predicted molar refractivity (Wildman–Crippen MR) is 83.4 cm³/mol. The molecule has 4 aromatic rings. The van der Waals surface area contributed by atoms with Crippen molar-refractivity contribution >= 4 is 39.0 Å².